The first-order chi connectivity index (χ1) is 13.0. The van der Waals surface area contributed by atoms with Crippen LogP contribution in [0.2, 0.25) is 0 Å². The molecule has 3 aromatic rings. The van der Waals surface area contributed by atoms with Gasteiger partial charge in [-0.25, -0.2) is 0 Å². The maximum absolute atomic E-state index is 5.97. The van der Waals surface area contributed by atoms with Gasteiger partial charge in [0, 0.05) is 20.6 Å². The van der Waals surface area contributed by atoms with E-state index in [4.69, 9.17) is 10.5 Å². The first-order valence-corrected chi connectivity index (χ1v) is 9.38. The molecule has 2 heterocycles. The van der Waals surface area contributed by atoms with Crippen molar-refractivity contribution in [2.24, 2.45) is 0 Å². The van der Waals surface area contributed by atoms with Gasteiger partial charge in [-0.2, -0.15) is 9.67 Å². The minimum atomic E-state index is 0.273. The summed E-state index contributed by atoms with van der Waals surface area (Å²) in [7, 11) is 7.81. The molecule has 0 aliphatic carbocycles. The van der Waals surface area contributed by atoms with Crippen molar-refractivity contribution in [3.8, 4) is 21.5 Å². The molecule has 0 spiro atoms. The van der Waals surface area contributed by atoms with Gasteiger partial charge in [0.25, 0.3) is 0 Å². The van der Waals surface area contributed by atoms with Gasteiger partial charge >= 0.3 is 0 Å². The van der Waals surface area contributed by atoms with Gasteiger partial charge in [0.2, 0.25) is 17.0 Å². The van der Waals surface area contributed by atoms with Gasteiger partial charge in [0.15, 0.2) is 5.01 Å². The zero-order valence-electron chi connectivity index (χ0n) is 16.0. The van der Waals surface area contributed by atoms with Crippen molar-refractivity contribution in [3.63, 3.8) is 0 Å². The smallest absolute Gasteiger partial charge is 0.246 e. The first-order valence-electron chi connectivity index (χ1n) is 8.56. The lowest BCUT2D eigenvalue weighted by molar-refractivity contribution is 0.282. The molecule has 10 heteroatoms. The molecule has 0 bridgehead atoms. The van der Waals surface area contributed by atoms with Crippen molar-refractivity contribution in [1.82, 2.24) is 29.9 Å². The average molecular weight is 389 g/mol. The zero-order valence-corrected chi connectivity index (χ0v) is 16.8. The third kappa shape index (κ3) is 4.52. The molecule has 0 radical (unpaired) electrons. The van der Waals surface area contributed by atoms with Crippen LogP contribution >= 0.6 is 11.3 Å². The van der Waals surface area contributed by atoms with Crippen molar-refractivity contribution in [2.45, 2.75) is 6.42 Å². The number of para-hydroxylation sites is 1. The molecule has 0 aliphatic rings. The summed E-state index contributed by atoms with van der Waals surface area (Å²) in [5, 5.41) is 14.2. The topological polar surface area (TPSA) is 98.2 Å². The third-order valence-electron chi connectivity index (χ3n) is 3.74. The number of nitrogens with zero attached hydrogens (tertiary/aromatic N) is 7. The van der Waals surface area contributed by atoms with Crippen LogP contribution < -0.4 is 15.4 Å². The van der Waals surface area contributed by atoms with E-state index in [0.717, 1.165) is 29.3 Å². The number of nitrogen functional groups attached to an aromatic ring is 1. The van der Waals surface area contributed by atoms with E-state index in [9.17, 15) is 0 Å². The number of hydrogen-bond donors (Lipinski definition) is 1. The van der Waals surface area contributed by atoms with Crippen molar-refractivity contribution in [2.75, 3.05) is 52.0 Å². The molecule has 0 aliphatic heterocycles. The maximum Gasteiger partial charge on any atom is 0.246 e. The monoisotopic (exact) mass is 388 g/mol. The van der Waals surface area contributed by atoms with E-state index in [1.54, 1.807) is 4.90 Å². The molecular formula is C17H24N8OS. The minimum Gasteiger partial charge on any atom is -0.493 e. The van der Waals surface area contributed by atoms with Crippen LogP contribution in [0.25, 0.3) is 15.7 Å². The summed E-state index contributed by atoms with van der Waals surface area (Å²) in [6, 6.07) is 7.82. The van der Waals surface area contributed by atoms with Crippen LogP contribution in [0, 0.1) is 0 Å². The zero-order chi connectivity index (χ0) is 19.4. The Bertz CT molecular complexity index is 889. The van der Waals surface area contributed by atoms with E-state index in [-0.39, 0.29) is 5.95 Å². The highest BCUT2D eigenvalue weighted by atomic mass is 32.1. The van der Waals surface area contributed by atoms with E-state index in [1.807, 2.05) is 52.5 Å². The molecule has 3 rings (SSSR count). The Balaban J connectivity index is 1.80. The lowest BCUT2D eigenvalue weighted by Gasteiger charge is -2.12. The highest BCUT2D eigenvalue weighted by Gasteiger charge is 2.17. The number of ether oxygens (including phenoxy) is 1. The van der Waals surface area contributed by atoms with Crippen LogP contribution in [0.15, 0.2) is 24.3 Å². The highest BCUT2D eigenvalue weighted by Crippen LogP contribution is 2.33. The number of benzene rings is 1. The van der Waals surface area contributed by atoms with Crippen molar-refractivity contribution >= 4 is 23.2 Å². The molecule has 0 saturated heterocycles. The maximum atomic E-state index is 5.97. The van der Waals surface area contributed by atoms with Crippen LogP contribution in [-0.2, 0) is 0 Å². The Hall–Kier alpha value is -2.72. The fraction of sp³-hybridized carbons (Fsp3) is 0.412. The molecule has 0 amide bonds. The Morgan fingerprint density at radius 2 is 1.93 bits per heavy atom. The van der Waals surface area contributed by atoms with Gasteiger partial charge in [0.1, 0.15) is 5.75 Å². The van der Waals surface area contributed by atoms with Crippen molar-refractivity contribution in [3.05, 3.63) is 24.3 Å². The third-order valence-corrected chi connectivity index (χ3v) is 4.67. The molecule has 0 saturated carbocycles. The first kappa shape index (κ1) is 19.1. The number of hydrogen-bond acceptors (Lipinski definition) is 9. The summed E-state index contributed by atoms with van der Waals surface area (Å²) in [4.78, 5) is 8.14. The van der Waals surface area contributed by atoms with E-state index >= 15 is 0 Å². The van der Waals surface area contributed by atoms with Crippen LogP contribution in [0.4, 0.5) is 11.9 Å². The normalized spacial score (nSPS) is 11.1. The van der Waals surface area contributed by atoms with Crippen LogP contribution in [0.1, 0.15) is 6.42 Å². The standard InChI is InChI=1S/C17H24N8OS/c1-23(2)10-7-11-26-13-9-6-5-8-12(13)14-20-21-17(27-14)25-15(18)19-16(22-25)24(3)4/h5-6,8-9H,7,10-11H2,1-4H3,(H2,18,19,22). The average Bonchev–Trinajstić information content (AvgIpc) is 3.25. The predicted molar refractivity (Wildman–Crippen MR) is 108 cm³/mol. The molecule has 0 unspecified atom stereocenters. The summed E-state index contributed by atoms with van der Waals surface area (Å²) in [6.07, 6.45) is 0.950. The molecule has 2 aromatic heterocycles. The van der Waals surface area contributed by atoms with Crippen molar-refractivity contribution < 1.29 is 4.74 Å². The largest absolute Gasteiger partial charge is 0.493 e. The van der Waals surface area contributed by atoms with Gasteiger partial charge in [-0.05, 0) is 32.6 Å². The van der Waals surface area contributed by atoms with Gasteiger partial charge in [0.05, 0.1) is 12.2 Å². The second-order valence-electron chi connectivity index (χ2n) is 6.47. The highest BCUT2D eigenvalue weighted by molar-refractivity contribution is 7.17. The van der Waals surface area contributed by atoms with Crippen molar-refractivity contribution in [1.29, 1.82) is 0 Å². The molecule has 2 N–H and O–H groups in total. The van der Waals surface area contributed by atoms with Crippen LogP contribution in [-0.4, -0.2) is 71.2 Å². The summed E-state index contributed by atoms with van der Waals surface area (Å²) in [5.41, 5.74) is 6.87. The molecule has 144 valence electrons. The SMILES string of the molecule is CN(C)CCCOc1ccccc1-c1nnc(-n2nc(N(C)C)nc2N)s1. The van der Waals surface area contributed by atoms with E-state index in [0.29, 0.717) is 17.7 Å². The quantitative estimate of drug-likeness (QED) is 0.583. The van der Waals surface area contributed by atoms with Crippen LogP contribution in [0.3, 0.4) is 0 Å². The fourth-order valence-corrected chi connectivity index (χ4v) is 3.22. The van der Waals surface area contributed by atoms with Gasteiger partial charge in [-0.3, -0.25) is 0 Å². The Kier molecular flexibility index (Phi) is 5.87. The molecule has 1 aromatic carbocycles. The number of anilines is 2. The number of nitrogens with two attached hydrogens (primary N) is 1. The Morgan fingerprint density at radius 3 is 2.63 bits per heavy atom. The van der Waals surface area contributed by atoms with E-state index < -0.39 is 0 Å². The summed E-state index contributed by atoms with van der Waals surface area (Å²) in [6.45, 7) is 1.62. The van der Waals surface area contributed by atoms with E-state index in [2.05, 4.69) is 25.2 Å². The molecule has 0 atom stereocenters. The van der Waals surface area contributed by atoms with Crippen LogP contribution in [0.5, 0.6) is 5.75 Å². The molecule has 0 fully saturated rings. The Morgan fingerprint density at radius 1 is 1.15 bits per heavy atom. The molecular weight excluding hydrogens is 364 g/mol. The molecule has 27 heavy (non-hydrogen) atoms. The Labute approximate surface area is 162 Å². The lowest BCUT2D eigenvalue weighted by Crippen LogP contribution is -2.15. The number of aromatic nitrogens is 5. The summed E-state index contributed by atoms with van der Waals surface area (Å²) >= 11 is 1.39. The second-order valence-corrected chi connectivity index (χ2v) is 7.42. The van der Waals surface area contributed by atoms with Gasteiger partial charge < -0.3 is 20.3 Å². The number of rotatable bonds is 8. The summed E-state index contributed by atoms with van der Waals surface area (Å²) < 4.78 is 7.46. The lowest BCUT2D eigenvalue weighted by atomic mass is 10.2. The van der Waals surface area contributed by atoms with Gasteiger partial charge in [-0.1, -0.05) is 23.5 Å². The van der Waals surface area contributed by atoms with Gasteiger partial charge in [-0.15, -0.1) is 15.3 Å². The second kappa shape index (κ2) is 8.31. The minimum absolute atomic E-state index is 0.273. The molecule has 9 nitrogen and oxygen atoms in total. The van der Waals surface area contributed by atoms with E-state index in [1.165, 1.54) is 16.0 Å². The summed E-state index contributed by atoms with van der Waals surface area (Å²) in [5.74, 6) is 1.59. The predicted octanol–water partition coefficient (Wildman–Crippen LogP) is 1.76. The fourth-order valence-electron chi connectivity index (χ4n) is 2.39.